The second-order valence-electron chi connectivity index (χ2n) is 7.38. The molecule has 0 saturated carbocycles. The molecule has 2 heterocycles. The van der Waals surface area contributed by atoms with Crippen molar-refractivity contribution in [3.05, 3.63) is 53.9 Å². The minimum absolute atomic E-state index is 0.129. The number of morpholine rings is 1. The molecule has 2 unspecified atom stereocenters. The highest BCUT2D eigenvalue weighted by atomic mass is 32.2. The van der Waals surface area contributed by atoms with Crippen LogP contribution in [-0.4, -0.2) is 50.1 Å². The fourth-order valence-corrected chi connectivity index (χ4v) is 6.05. The number of nitrogens with zero attached hydrogens (tertiary/aromatic N) is 2. The molecule has 0 N–H and O–H groups in total. The SMILES string of the molecule is COc1cccc(-c2nc(-c3cccc(S(=O)(=O)N4CC(C)OC(C)C4)c3)cs2)c1. The normalized spacial score (nSPS) is 20.2. The Bertz CT molecular complexity index is 1130. The zero-order chi connectivity index (χ0) is 21.3. The number of sulfonamides is 1. The Hall–Kier alpha value is -2.26. The van der Waals surface area contributed by atoms with Gasteiger partial charge in [0.1, 0.15) is 10.8 Å². The van der Waals surface area contributed by atoms with Gasteiger partial charge in [-0.25, -0.2) is 13.4 Å². The van der Waals surface area contributed by atoms with E-state index in [1.807, 2.05) is 49.6 Å². The average molecular weight is 445 g/mol. The van der Waals surface area contributed by atoms with E-state index in [-0.39, 0.29) is 17.1 Å². The summed E-state index contributed by atoms with van der Waals surface area (Å²) < 4.78 is 38.9. The van der Waals surface area contributed by atoms with Crippen molar-refractivity contribution in [1.29, 1.82) is 0 Å². The summed E-state index contributed by atoms with van der Waals surface area (Å²) in [5.41, 5.74) is 2.49. The van der Waals surface area contributed by atoms with Gasteiger partial charge in [0.05, 0.1) is 29.9 Å². The Morgan fingerprint density at radius 2 is 1.77 bits per heavy atom. The molecule has 8 heteroatoms. The Labute approximate surface area is 181 Å². The van der Waals surface area contributed by atoms with E-state index >= 15 is 0 Å². The molecule has 3 aromatic rings. The van der Waals surface area contributed by atoms with Gasteiger partial charge in [-0.1, -0.05) is 24.3 Å². The number of thiazole rings is 1. The largest absolute Gasteiger partial charge is 0.497 e. The molecule has 0 aliphatic carbocycles. The fourth-order valence-electron chi connectivity index (χ4n) is 3.59. The minimum atomic E-state index is -3.60. The first-order chi connectivity index (χ1) is 14.4. The highest BCUT2D eigenvalue weighted by molar-refractivity contribution is 7.89. The third-order valence-corrected chi connectivity index (χ3v) is 7.69. The van der Waals surface area contributed by atoms with Crippen LogP contribution in [0.3, 0.4) is 0 Å². The Morgan fingerprint density at radius 1 is 1.07 bits per heavy atom. The molecule has 6 nitrogen and oxygen atoms in total. The van der Waals surface area contributed by atoms with Crippen LogP contribution in [0.25, 0.3) is 21.8 Å². The molecule has 0 spiro atoms. The Morgan fingerprint density at radius 3 is 2.50 bits per heavy atom. The molecular weight excluding hydrogens is 420 g/mol. The van der Waals surface area contributed by atoms with Crippen molar-refractivity contribution >= 4 is 21.4 Å². The van der Waals surface area contributed by atoms with Crippen LogP contribution in [0.4, 0.5) is 0 Å². The monoisotopic (exact) mass is 444 g/mol. The lowest BCUT2D eigenvalue weighted by Crippen LogP contribution is -2.48. The van der Waals surface area contributed by atoms with Crippen LogP contribution in [-0.2, 0) is 14.8 Å². The summed E-state index contributed by atoms with van der Waals surface area (Å²) >= 11 is 1.52. The summed E-state index contributed by atoms with van der Waals surface area (Å²) in [6.45, 7) is 4.50. The zero-order valence-corrected chi connectivity index (χ0v) is 18.7. The molecule has 0 bridgehead atoms. The minimum Gasteiger partial charge on any atom is -0.497 e. The number of hydrogen-bond donors (Lipinski definition) is 0. The molecule has 1 saturated heterocycles. The molecule has 1 aliphatic heterocycles. The molecule has 1 aromatic heterocycles. The number of ether oxygens (including phenoxy) is 2. The van der Waals surface area contributed by atoms with E-state index in [1.54, 1.807) is 25.3 Å². The van der Waals surface area contributed by atoms with Gasteiger partial charge in [0.15, 0.2) is 0 Å². The van der Waals surface area contributed by atoms with Crippen molar-refractivity contribution in [1.82, 2.24) is 9.29 Å². The van der Waals surface area contributed by atoms with Crippen LogP contribution in [0.15, 0.2) is 58.8 Å². The maximum Gasteiger partial charge on any atom is 0.243 e. The van der Waals surface area contributed by atoms with Gasteiger partial charge >= 0.3 is 0 Å². The summed E-state index contributed by atoms with van der Waals surface area (Å²) in [4.78, 5) is 5.00. The van der Waals surface area contributed by atoms with E-state index in [4.69, 9.17) is 14.5 Å². The van der Waals surface area contributed by atoms with Crippen LogP contribution in [0.1, 0.15) is 13.8 Å². The van der Waals surface area contributed by atoms with Crippen molar-refractivity contribution in [3.8, 4) is 27.6 Å². The third kappa shape index (κ3) is 4.27. The van der Waals surface area contributed by atoms with Gasteiger partial charge in [-0.05, 0) is 38.1 Å². The van der Waals surface area contributed by atoms with Gasteiger partial charge in [0.25, 0.3) is 0 Å². The van der Waals surface area contributed by atoms with Crippen LogP contribution < -0.4 is 4.74 Å². The van der Waals surface area contributed by atoms with Gasteiger partial charge < -0.3 is 9.47 Å². The Kier molecular flexibility index (Phi) is 5.92. The van der Waals surface area contributed by atoms with Crippen molar-refractivity contribution in [2.45, 2.75) is 31.0 Å². The summed E-state index contributed by atoms with van der Waals surface area (Å²) in [6, 6.07) is 14.7. The molecule has 2 aromatic carbocycles. The van der Waals surface area contributed by atoms with Crippen molar-refractivity contribution in [2.75, 3.05) is 20.2 Å². The quantitative estimate of drug-likeness (QED) is 0.587. The second-order valence-corrected chi connectivity index (χ2v) is 10.2. The van der Waals surface area contributed by atoms with Crippen molar-refractivity contribution in [3.63, 3.8) is 0 Å². The highest BCUT2D eigenvalue weighted by Gasteiger charge is 2.32. The lowest BCUT2D eigenvalue weighted by Gasteiger charge is -2.34. The molecule has 0 radical (unpaired) electrons. The number of aromatic nitrogens is 1. The number of rotatable bonds is 5. The van der Waals surface area contributed by atoms with Crippen molar-refractivity contribution in [2.24, 2.45) is 0 Å². The predicted molar refractivity (Wildman–Crippen MR) is 118 cm³/mol. The lowest BCUT2D eigenvalue weighted by atomic mass is 10.2. The van der Waals surface area contributed by atoms with Gasteiger partial charge in [-0.2, -0.15) is 4.31 Å². The third-order valence-electron chi connectivity index (χ3n) is 4.97. The molecule has 1 aliphatic rings. The zero-order valence-electron chi connectivity index (χ0n) is 17.1. The topological polar surface area (TPSA) is 68.7 Å². The van der Waals surface area contributed by atoms with Gasteiger partial charge in [0, 0.05) is 29.6 Å². The van der Waals surface area contributed by atoms with Gasteiger partial charge in [0.2, 0.25) is 10.0 Å². The fraction of sp³-hybridized carbons (Fsp3) is 0.318. The van der Waals surface area contributed by atoms with Crippen LogP contribution in [0.5, 0.6) is 5.75 Å². The summed E-state index contributed by atoms with van der Waals surface area (Å²) in [5, 5.41) is 2.80. The summed E-state index contributed by atoms with van der Waals surface area (Å²) in [7, 11) is -1.97. The van der Waals surface area contributed by atoms with E-state index in [0.717, 1.165) is 27.6 Å². The number of hydrogen-bond acceptors (Lipinski definition) is 6. The summed E-state index contributed by atoms with van der Waals surface area (Å²) in [5.74, 6) is 0.770. The second kappa shape index (κ2) is 8.47. The highest BCUT2D eigenvalue weighted by Crippen LogP contribution is 2.32. The smallest absolute Gasteiger partial charge is 0.243 e. The number of benzene rings is 2. The predicted octanol–water partition coefficient (Wildman–Crippen LogP) is 4.28. The molecule has 1 fully saturated rings. The maximum absolute atomic E-state index is 13.2. The lowest BCUT2D eigenvalue weighted by molar-refractivity contribution is -0.0440. The van der Waals surface area contributed by atoms with Crippen LogP contribution in [0.2, 0.25) is 0 Å². The van der Waals surface area contributed by atoms with Crippen molar-refractivity contribution < 1.29 is 17.9 Å². The van der Waals surface area contributed by atoms with E-state index in [9.17, 15) is 8.42 Å². The first-order valence-electron chi connectivity index (χ1n) is 9.73. The summed E-state index contributed by atoms with van der Waals surface area (Å²) in [6.07, 6.45) is -0.258. The van der Waals surface area contributed by atoms with E-state index < -0.39 is 10.0 Å². The molecule has 158 valence electrons. The molecule has 0 amide bonds. The van der Waals surface area contributed by atoms with E-state index in [2.05, 4.69) is 0 Å². The van der Waals surface area contributed by atoms with E-state index in [0.29, 0.717) is 13.1 Å². The van der Waals surface area contributed by atoms with Gasteiger partial charge in [-0.3, -0.25) is 0 Å². The number of methoxy groups -OCH3 is 1. The average Bonchev–Trinajstić information content (AvgIpc) is 3.23. The van der Waals surface area contributed by atoms with E-state index in [1.165, 1.54) is 15.6 Å². The molecule has 30 heavy (non-hydrogen) atoms. The maximum atomic E-state index is 13.2. The van der Waals surface area contributed by atoms with Crippen LogP contribution >= 0.6 is 11.3 Å². The first-order valence-corrected chi connectivity index (χ1v) is 12.0. The first kappa shape index (κ1) is 21.0. The molecule has 2 atom stereocenters. The van der Waals surface area contributed by atoms with Gasteiger partial charge in [-0.15, -0.1) is 11.3 Å². The molecular formula is C22H24N2O4S2. The standard InChI is InChI=1S/C22H24N2O4S2/c1-15-12-24(13-16(2)28-15)30(25,26)20-9-5-6-17(11-20)21-14-29-22(23-21)18-7-4-8-19(10-18)27-3/h4-11,14-16H,12-13H2,1-3H3. The molecule has 4 rings (SSSR count). The Balaban J connectivity index is 1.63. The van der Waals surface area contributed by atoms with Crippen LogP contribution in [0, 0.1) is 0 Å².